The van der Waals surface area contributed by atoms with E-state index in [9.17, 15) is 9.59 Å². The van der Waals surface area contributed by atoms with Crippen LogP contribution in [-0.2, 0) is 27.3 Å². The average Bonchev–Trinajstić information content (AvgIpc) is 3.13. The van der Waals surface area contributed by atoms with Gasteiger partial charge in [-0.3, -0.25) is 9.59 Å². The first kappa shape index (κ1) is 17.6. The Labute approximate surface area is 160 Å². The molecule has 4 rings (SSSR count). The van der Waals surface area contributed by atoms with Crippen LogP contribution in [0.25, 0.3) is 11.1 Å². The zero-order valence-electron chi connectivity index (χ0n) is 14.6. The van der Waals surface area contributed by atoms with Crippen LogP contribution < -0.4 is 0 Å². The normalized spacial score (nSPS) is 13.4. The van der Waals surface area contributed by atoms with Crippen molar-refractivity contribution in [3.8, 4) is 0 Å². The largest absolute Gasteiger partial charge is 0.455 e. The molecule has 0 spiro atoms. The van der Waals surface area contributed by atoms with Crippen LogP contribution >= 0.6 is 11.8 Å². The van der Waals surface area contributed by atoms with Gasteiger partial charge in [0.1, 0.15) is 11.3 Å². The molecule has 0 atom stereocenters. The van der Waals surface area contributed by atoms with Crippen molar-refractivity contribution in [2.24, 2.45) is 0 Å². The molecule has 6 nitrogen and oxygen atoms in total. The summed E-state index contributed by atoms with van der Waals surface area (Å²) in [7, 11) is 0. The fraction of sp³-hybridized carbons (Fsp3) is 0.250. The first-order valence-electron chi connectivity index (χ1n) is 8.67. The number of thioether (sulfide) groups is 1. The summed E-state index contributed by atoms with van der Waals surface area (Å²) in [5.74, 6) is -0.596. The van der Waals surface area contributed by atoms with Crippen molar-refractivity contribution in [2.45, 2.75) is 18.2 Å². The molecule has 0 saturated carbocycles. The molecule has 1 aliphatic rings. The molecule has 7 heteroatoms. The summed E-state index contributed by atoms with van der Waals surface area (Å²) in [5, 5.41) is 0.409. The summed E-state index contributed by atoms with van der Waals surface area (Å²) < 4.78 is 10.7. The fourth-order valence-corrected chi connectivity index (χ4v) is 3.65. The third-order valence-electron chi connectivity index (χ3n) is 4.43. The van der Waals surface area contributed by atoms with Gasteiger partial charge in [-0.05, 0) is 29.7 Å². The Balaban J connectivity index is 1.25. The highest BCUT2D eigenvalue weighted by Crippen LogP contribution is 2.23. The molecule has 0 N–H and O–H groups in total. The van der Waals surface area contributed by atoms with Crippen molar-refractivity contribution < 1.29 is 18.7 Å². The van der Waals surface area contributed by atoms with Crippen LogP contribution in [0.1, 0.15) is 11.1 Å². The number of fused-ring (bicyclic) bond motifs is 2. The number of carbonyl (C=O) groups excluding carboxylic acids is 2. The maximum Gasteiger partial charge on any atom is 0.316 e. The first-order valence-corrected chi connectivity index (χ1v) is 9.66. The van der Waals surface area contributed by atoms with E-state index in [-0.39, 0.29) is 18.3 Å². The van der Waals surface area contributed by atoms with Crippen LogP contribution in [-0.4, -0.2) is 40.7 Å². The lowest BCUT2D eigenvalue weighted by Gasteiger charge is -2.28. The van der Waals surface area contributed by atoms with Crippen molar-refractivity contribution in [3.05, 3.63) is 59.7 Å². The van der Waals surface area contributed by atoms with E-state index in [1.165, 1.54) is 5.56 Å². The number of rotatable bonds is 5. The smallest absolute Gasteiger partial charge is 0.316 e. The van der Waals surface area contributed by atoms with Gasteiger partial charge in [-0.2, -0.15) is 0 Å². The second-order valence-electron chi connectivity index (χ2n) is 6.23. The Morgan fingerprint density at radius 2 is 1.89 bits per heavy atom. The number of amides is 1. The summed E-state index contributed by atoms with van der Waals surface area (Å²) >= 11 is 1.15. The second kappa shape index (κ2) is 7.84. The predicted molar refractivity (Wildman–Crippen MR) is 101 cm³/mol. The molecular formula is C20H18N2O4S. The van der Waals surface area contributed by atoms with E-state index < -0.39 is 5.97 Å². The van der Waals surface area contributed by atoms with E-state index in [4.69, 9.17) is 9.15 Å². The molecule has 27 heavy (non-hydrogen) atoms. The lowest BCUT2D eigenvalue weighted by molar-refractivity contribution is -0.150. The highest BCUT2D eigenvalue weighted by molar-refractivity contribution is 7.99. The van der Waals surface area contributed by atoms with Crippen molar-refractivity contribution >= 4 is 34.7 Å². The van der Waals surface area contributed by atoms with E-state index in [1.54, 1.807) is 4.90 Å². The topological polar surface area (TPSA) is 72.6 Å². The molecule has 1 amide bonds. The Morgan fingerprint density at radius 1 is 1.11 bits per heavy atom. The molecular weight excluding hydrogens is 364 g/mol. The molecule has 138 valence electrons. The summed E-state index contributed by atoms with van der Waals surface area (Å²) in [6.45, 7) is 0.963. The summed E-state index contributed by atoms with van der Waals surface area (Å²) in [6.07, 6.45) is 0.823. The Kier molecular flexibility index (Phi) is 5.11. The SMILES string of the molecule is O=C(CSc1nc2ccccc2o1)OCC(=O)N1CCc2ccccc2C1. The van der Waals surface area contributed by atoms with Gasteiger partial charge >= 0.3 is 5.97 Å². The number of nitrogens with zero attached hydrogens (tertiary/aromatic N) is 2. The standard InChI is InChI=1S/C20H18N2O4S/c23-18(22-10-9-14-5-1-2-6-15(14)11-22)12-25-19(24)13-27-20-21-16-7-3-4-8-17(16)26-20/h1-8H,9-13H2. The zero-order chi connectivity index (χ0) is 18.6. The molecule has 0 radical (unpaired) electrons. The van der Waals surface area contributed by atoms with Crippen LogP contribution in [0.15, 0.2) is 58.2 Å². The maximum atomic E-state index is 12.3. The highest BCUT2D eigenvalue weighted by Gasteiger charge is 2.21. The number of carbonyl (C=O) groups is 2. The van der Waals surface area contributed by atoms with Crippen LogP contribution in [0, 0.1) is 0 Å². The predicted octanol–water partition coefficient (Wildman–Crippen LogP) is 3.05. The van der Waals surface area contributed by atoms with E-state index in [0.29, 0.717) is 23.9 Å². The van der Waals surface area contributed by atoms with Gasteiger partial charge in [0.15, 0.2) is 12.2 Å². The van der Waals surface area contributed by atoms with Crippen LogP contribution in [0.2, 0.25) is 0 Å². The molecule has 0 saturated heterocycles. The Morgan fingerprint density at radius 3 is 2.74 bits per heavy atom. The summed E-state index contributed by atoms with van der Waals surface area (Å²) in [6, 6.07) is 15.5. The van der Waals surface area contributed by atoms with Gasteiger partial charge in [-0.15, -0.1) is 0 Å². The molecule has 2 heterocycles. The van der Waals surface area contributed by atoms with Crippen LogP contribution in [0.4, 0.5) is 0 Å². The molecule has 0 unspecified atom stereocenters. The summed E-state index contributed by atoms with van der Waals surface area (Å²) in [4.78, 5) is 30.3. The monoisotopic (exact) mass is 382 g/mol. The lowest BCUT2D eigenvalue weighted by Crippen LogP contribution is -2.38. The minimum atomic E-state index is -0.465. The molecule has 2 aromatic carbocycles. The second-order valence-corrected chi connectivity index (χ2v) is 7.16. The fourth-order valence-electron chi connectivity index (χ4n) is 3.02. The van der Waals surface area contributed by atoms with Gasteiger partial charge < -0.3 is 14.1 Å². The number of esters is 1. The van der Waals surface area contributed by atoms with Gasteiger partial charge in [0.2, 0.25) is 0 Å². The number of aromatic nitrogens is 1. The zero-order valence-corrected chi connectivity index (χ0v) is 15.4. The van der Waals surface area contributed by atoms with Crippen molar-refractivity contribution in [3.63, 3.8) is 0 Å². The molecule has 3 aromatic rings. The van der Waals surface area contributed by atoms with Crippen molar-refractivity contribution in [2.75, 3.05) is 18.9 Å². The minimum Gasteiger partial charge on any atom is -0.455 e. The number of ether oxygens (including phenoxy) is 1. The third-order valence-corrected chi connectivity index (χ3v) is 5.23. The van der Waals surface area contributed by atoms with Crippen molar-refractivity contribution in [1.29, 1.82) is 0 Å². The van der Waals surface area contributed by atoms with Gasteiger partial charge in [0.05, 0.1) is 0 Å². The number of hydrogen-bond acceptors (Lipinski definition) is 6. The number of hydrogen-bond donors (Lipinski definition) is 0. The van der Waals surface area contributed by atoms with Crippen LogP contribution in [0.5, 0.6) is 0 Å². The molecule has 1 aromatic heterocycles. The Hall–Kier alpha value is -2.80. The highest BCUT2D eigenvalue weighted by atomic mass is 32.2. The number of benzene rings is 2. The molecule has 0 bridgehead atoms. The van der Waals surface area contributed by atoms with Gasteiger partial charge in [-0.25, -0.2) is 4.98 Å². The molecule has 0 aliphatic carbocycles. The third kappa shape index (κ3) is 4.14. The van der Waals surface area contributed by atoms with Crippen LogP contribution in [0.3, 0.4) is 0 Å². The first-order chi connectivity index (χ1) is 13.2. The maximum absolute atomic E-state index is 12.3. The number of para-hydroxylation sites is 2. The Bertz CT molecular complexity index is 952. The quantitative estimate of drug-likeness (QED) is 0.499. The van der Waals surface area contributed by atoms with E-state index in [1.807, 2.05) is 42.5 Å². The lowest BCUT2D eigenvalue weighted by atomic mass is 10.00. The number of oxazole rings is 1. The van der Waals surface area contributed by atoms with Crippen molar-refractivity contribution in [1.82, 2.24) is 9.88 Å². The molecule has 1 aliphatic heterocycles. The van der Waals surface area contributed by atoms with E-state index in [2.05, 4.69) is 11.1 Å². The average molecular weight is 382 g/mol. The van der Waals surface area contributed by atoms with Gasteiger partial charge in [-0.1, -0.05) is 48.2 Å². The minimum absolute atomic E-state index is 0.0446. The summed E-state index contributed by atoms with van der Waals surface area (Å²) in [5.41, 5.74) is 3.84. The van der Waals surface area contributed by atoms with E-state index in [0.717, 1.165) is 29.3 Å². The van der Waals surface area contributed by atoms with E-state index >= 15 is 0 Å². The van der Waals surface area contributed by atoms with Gasteiger partial charge in [0, 0.05) is 13.1 Å². The molecule has 0 fully saturated rings. The van der Waals surface area contributed by atoms with Gasteiger partial charge in [0.25, 0.3) is 11.1 Å².